The highest BCUT2D eigenvalue weighted by atomic mass is 32.2. The number of hydrogen-bond acceptors (Lipinski definition) is 8. The predicted octanol–water partition coefficient (Wildman–Crippen LogP) is 6.22. The minimum Gasteiger partial charge on any atom is -0.456 e. The average molecular weight is 509 g/mol. The molecule has 1 aromatic heterocycles. The molecule has 174 valence electrons. The van der Waals surface area contributed by atoms with Crippen molar-refractivity contribution in [3.63, 3.8) is 0 Å². The first-order valence-electron chi connectivity index (χ1n) is 10.4. The van der Waals surface area contributed by atoms with Crippen LogP contribution in [-0.2, 0) is 9.59 Å². The number of aliphatic imine (C=N–C) groups is 2. The van der Waals surface area contributed by atoms with Gasteiger partial charge in [-0.15, -0.1) is 23.5 Å². The lowest BCUT2D eigenvalue weighted by Gasteiger charge is -2.05. The van der Waals surface area contributed by atoms with Crippen LogP contribution in [-0.4, -0.2) is 49.1 Å². The number of carbonyl (C=O) groups excluding carboxylic acids is 2. The number of hydrogen-bond donors (Lipinski definition) is 0. The number of Topliss-reactive ketones (excluding diaryl/α,β-unsaturated/α-hetero) is 2. The van der Waals surface area contributed by atoms with E-state index in [4.69, 9.17) is 4.42 Å². The maximum atomic E-state index is 12.1. The van der Waals surface area contributed by atoms with E-state index in [0.717, 1.165) is 19.6 Å². The normalized spacial score (nSPS) is 10.9. The van der Waals surface area contributed by atoms with Crippen molar-refractivity contribution in [3.05, 3.63) is 78.8 Å². The number of furan rings is 1. The van der Waals surface area contributed by atoms with Gasteiger partial charge in [0.1, 0.15) is 11.5 Å². The standard InChI is InChI=1S/C26H24N2O3S3/c1-3-21-4-5-22(31-21)16-28-15-20(30)18-33-24-8-12-26(13-9-24)34-25-10-6-23(7-11-25)32-17-19(29)14-27-2/h3-13,16H,1-2,14-15,17-18H2. The van der Waals surface area contributed by atoms with Gasteiger partial charge in [0.15, 0.2) is 11.6 Å². The van der Waals surface area contributed by atoms with Crippen LogP contribution < -0.4 is 0 Å². The molecule has 0 bridgehead atoms. The van der Waals surface area contributed by atoms with Crippen molar-refractivity contribution in [2.45, 2.75) is 19.6 Å². The fourth-order valence-electron chi connectivity index (χ4n) is 2.67. The van der Waals surface area contributed by atoms with Gasteiger partial charge < -0.3 is 4.42 Å². The number of ketones is 2. The average Bonchev–Trinajstić information content (AvgIpc) is 3.31. The van der Waals surface area contributed by atoms with Gasteiger partial charge in [0.2, 0.25) is 0 Å². The summed E-state index contributed by atoms with van der Waals surface area (Å²) in [7, 11) is 0. The summed E-state index contributed by atoms with van der Waals surface area (Å²) < 4.78 is 5.43. The molecular formula is C26H24N2O3S3. The molecule has 34 heavy (non-hydrogen) atoms. The zero-order valence-corrected chi connectivity index (χ0v) is 21.0. The minimum atomic E-state index is 0.0515. The van der Waals surface area contributed by atoms with Crippen LogP contribution in [0.3, 0.4) is 0 Å². The summed E-state index contributed by atoms with van der Waals surface area (Å²) in [5.41, 5.74) is 0. The molecule has 8 heteroatoms. The molecule has 0 aliphatic rings. The Balaban J connectivity index is 1.41. The van der Waals surface area contributed by atoms with Crippen LogP contribution >= 0.6 is 35.3 Å². The number of nitrogens with zero attached hydrogens (tertiary/aromatic N) is 2. The Morgan fingerprint density at radius 2 is 1.26 bits per heavy atom. The lowest BCUT2D eigenvalue weighted by Crippen LogP contribution is -2.05. The molecule has 0 radical (unpaired) electrons. The molecule has 5 nitrogen and oxygen atoms in total. The van der Waals surface area contributed by atoms with Crippen LogP contribution in [0.5, 0.6) is 0 Å². The zero-order valence-electron chi connectivity index (χ0n) is 18.5. The topological polar surface area (TPSA) is 72.0 Å². The van der Waals surface area contributed by atoms with Gasteiger partial charge >= 0.3 is 0 Å². The summed E-state index contributed by atoms with van der Waals surface area (Å²) in [4.78, 5) is 35.7. The Labute approximate surface area is 212 Å². The van der Waals surface area contributed by atoms with Gasteiger partial charge in [-0.25, -0.2) is 0 Å². The lowest BCUT2D eigenvalue weighted by atomic mass is 10.4. The number of benzene rings is 2. The first-order chi connectivity index (χ1) is 16.6. The molecule has 3 rings (SSSR count). The van der Waals surface area contributed by atoms with Gasteiger partial charge in [0, 0.05) is 19.6 Å². The molecule has 0 N–H and O–H groups in total. The second-order valence-electron chi connectivity index (χ2n) is 7.00. The molecule has 0 saturated heterocycles. The van der Waals surface area contributed by atoms with E-state index in [1.54, 1.807) is 36.2 Å². The third-order valence-corrected chi connectivity index (χ3v) is 7.47. The molecular weight excluding hydrogens is 484 g/mol. The van der Waals surface area contributed by atoms with Gasteiger partial charge in [-0.2, -0.15) is 0 Å². The molecule has 0 fully saturated rings. The van der Waals surface area contributed by atoms with E-state index in [0.29, 0.717) is 23.0 Å². The van der Waals surface area contributed by atoms with E-state index in [-0.39, 0.29) is 24.7 Å². The fourth-order valence-corrected chi connectivity index (χ4v) is 4.98. The Morgan fingerprint density at radius 1 is 0.765 bits per heavy atom. The summed E-state index contributed by atoms with van der Waals surface area (Å²) in [6.45, 7) is 7.28. The quantitative estimate of drug-likeness (QED) is 0.190. The highest BCUT2D eigenvalue weighted by molar-refractivity contribution is 8.00. The van der Waals surface area contributed by atoms with Crippen molar-refractivity contribution < 1.29 is 14.0 Å². The predicted molar refractivity (Wildman–Crippen MR) is 144 cm³/mol. The van der Waals surface area contributed by atoms with Gasteiger partial charge in [0.05, 0.1) is 30.8 Å². The van der Waals surface area contributed by atoms with Crippen molar-refractivity contribution in [1.29, 1.82) is 0 Å². The summed E-state index contributed by atoms with van der Waals surface area (Å²) in [5.74, 6) is 2.17. The summed E-state index contributed by atoms with van der Waals surface area (Å²) >= 11 is 4.67. The molecule has 0 spiro atoms. The second kappa shape index (κ2) is 13.8. The third-order valence-electron chi connectivity index (χ3n) is 4.31. The van der Waals surface area contributed by atoms with Crippen LogP contribution in [0.1, 0.15) is 11.5 Å². The van der Waals surface area contributed by atoms with Crippen LogP contribution in [0.4, 0.5) is 0 Å². The molecule has 0 unspecified atom stereocenters. The van der Waals surface area contributed by atoms with E-state index >= 15 is 0 Å². The van der Waals surface area contributed by atoms with Crippen LogP contribution in [0.25, 0.3) is 6.08 Å². The summed E-state index contributed by atoms with van der Waals surface area (Å²) in [6.07, 6.45) is 3.18. The lowest BCUT2D eigenvalue weighted by molar-refractivity contribution is -0.116. The Bertz CT molecular complexity index is 1150. The SMILES string of the molecule is C=Cc1ccc(C=NCC(=O)CSc2ccc(Sc3ccc(SCC(=O)CN=C)cc3)cc2)o1. The molecule has 0 aliphatic heterocycles. The van der Waals surface area contributed by atoms with Gasteiger partial charge in [-0.05, 0) is 73.5 Å². The first kappa shape index (κ1) is 25.8. The van der Waals surface area contributed by atoms with Crippen LogP contribution in [0, 0.1) is 0 Å². The highest BCUT2D eigenvalue weighted by Gasteiger charge is 2.05. The summed E-state index contributed by atoms with van der Waals surface area (Å²) in [5, 5.41) is 0. The van der Waals surface area contributed by atoms with Crippen molar-refractivity contribution in [1.82, 2.24) is 0 Å². The van der Waals surface area contributed by atoms with Gasteiger partial charge in [-0.3, -0.25) is 19.6 Å². The maximum absolute atomic E-state index is 12.1. The van der Waals surface area contributed by atoms with E-state index < -0.39 is 0 Å². The second-order valence-corrected chi connectivity index (χ2v) is 10.2. The number of carbonyl (C=O) groups is 2. The molecule has 0 atom stereocenters. The molecule has 0 amide bonds. The minimum absolute atomic E-state index is 0.0515. The van der Waals surface area contributed by atoms with Gasteiger partial charge in [0.25, 0.3) is 0 Å². The smallest absolute Gasteiger partial charge is 0.164 e. The Morgan fingerprint density at radius 3 is 1.76 bits per heavy atom. The summed E-state index contributed by atoms with van der Waals surface area (Å²) in [6, 6.07) is 19.9. The number of thioether (sulfide) groups is 2. The van der Waals surface area contributed by atoms with Crippen LogP contribution in [0.15, 0.2) is 101 Å². The van der Waals surface area contributed by atoms with Crippen LogP contribution in [0.2, 0.25) is 0 Å². The highest BCUT2D eigenvalue weighted by Crippen LogP contribution is 2.31. The van der Waals surface area contributed by atoms with Crippen molar-refractivity contribution in [2.75, 3.05) is 24.6 Å². The molecule has 2 aromatic carbocycles. The molecule has 0 saturated carbocycles. The third kappa shape index (κ3) is 8.85. The van der Waals surface area contributed by atoms with E-state index in [2.05, 4.69) is 23.3 Å². The number of rotatable bonds is 14. The fraction of sp³-hybridized carbons (Fsp3) is 0.154. The molecule has 0 aliphatic carbocycles. The largest absolute Gasteiger partial charge is 0.456 e. The van der Waals surface area contributed by atoms with Crippen molar-refractivity contribution in [2.24, 2.45) is 9.98 Å². The van der Waals surface area contributed by atoms with E-state index in [1.165, 1.54) is 23.5 Å². The van der Waals surface area contributed by atoms with Gasteiger partial charge in [-0.1, -0.05) is 18.3 Å². The van der Waals surface area contributed by atoms with E-state index in [9.17, 15) is 9.59 Å². The maximum Gasteiger partial charge on any atom is 0.164 e. The first-order valence-corrected chi connectivity index (χ1v) is 13.2. The molecule has 1 heterocycles. The zero-order chi connectivity index (χ0) is 24.2. The van der Waals surface area contributed by atoms with Crippen molar-refractivity contribution in [3.8, 4) is 0 Å². The van der Waals surface area contributed by atoms with E-state index in [1.807, 2.05) is 48.5 Å². The van der Waals surface area contributed by atoms with Crippen molar-refractivity contribution >= 4 is 65.9 Å². The Kier molecular flexibility index (Phi) is 10.5. The monoisotopic (exact) mass is 508 g/mol. The molecule has 3 aromatic rings. The Hall–Kier alpha value is -2.81.